The Morgan fingerprint density at radius 1 is 1.50 bits per heavy atom. The first-order chi connectivity index (χ1) is 9.53. The molecule has 0 saturated heterocycles. The van der Waals surface area contributed by atoms with E-state index < -0.39 is 10.0 Å². The quantitative estimate of drug-likeness (QED) is 0.786. The molecule has 0 aromatic carbocycles. The van der Waals surface area contributed by atoms with E-state index in [1.54, 1.807) is 4.68 Å². The molecule has 0 bridgehead atoms. The molecule has 114 valence electrons. The highest BCUT2D eigenvalue weighted by Crippen LogP contribution is 2.30. The van der Waals surface area contributed by atoms with Gasteiger partial charge >= 0.3 is 0 Å². The number of rotatable bonds is 7. The second-order valence-corrected chi connectivity index (χ2v) is 7.30. The fraction of sp³-hybridized carbons (Fsp3) is 0.769. The van der Waals surface area contributed by atoms with E-state index in [0.29, 0.717) is 31.3 Å². The topological polar surface area (TPSA) is 84.2 Å². The molecule has 1 heterocycles. The summed E-state index contributed by atoms with van der Waals surface area (Å²) in [5.74, 6) is 1.03. The van der Waals surface area contributed by atoms with Crippen molar-refractivity contribution in [1.82, 2.24) is 14.5 Å². The number of aryl methyl sites for hydroxylation is 1. The van der Waals surface area contributed by atoms with Crippen LogP contribution in [0.15, 0.2) is 17.3 Å². The SMILES string of the molecule is CC1CCCC1CNS(=O)(=O)c1cnn(CCCO)c1. The lowest BCUT2D eigenvalue weighted by molar-refractivity contribution is 0.277. The molecule has 0 amide bonds. The standard InChI is InChI=1S/C13H23N3O3S/c1-11-4-2-5-12(11)8-15-20(18,19)13-9-14-16(10-13)6-3-7-17/h9-12,15,17H,2-8H2,1H3. The summed E-state index contributed by atoms with van der Waals surface area (Å²) in [7, 11) is -3.47. The van der Waals surface area contributed by atoms with Gasteiger partial charge in [0.2, 0.25) is 10.0 Å². The summed E-state index contributed by atoms with van der Waals surface area (Å²) in [6.45, 7) is 3.27. The molecule has 2 unspecified atom stereocenters. The molecule has 1 aliphatic carbocycles. The molecule has 2 atom stereocenters. The molecule has 0 radical (unpaired) electrons. The maximum Gasteiger partial charge on any atom is 0.243 e. The van der Waals surface area contributed by atoms with Crippen LogP contribution in [-0.4, -0.2) is 36.5 Å². The monoisotopic (exact) mass is 301 g/mol. The normalized spacial score (nSPS) is 23.3. The summed E-state index contributed by atoms with van der Waals surface area (Å²) >= 11 is 0. The van der Waals surface area contributed by atoms with Crippen LogP contribution in [0, 0.1) is 11.8 Å². The van der Waals surface area contributed by atoms with Gasteiger partial charge in [-0.2, -0.15) is 5.10 Å². The molecule has 0 aliphatic heterocycles. The lowest BCUT2D eigenvalue weighted by atomic mass is 9.99. The van der Waals surface area contributed by atoms with Crippen molar-refractivity contribution < 1.29 is 13.5 Å². The van der Waals surface area contributed by atoms with Gasteiger partial charge in [0.1, 0.15) is 4.90 Å². The lowest BCUT2D eigenvalue weighted by Crippen LogP contribution is -2.30. The molecule has 1 fully saturated rings. The lowest BCUT2D eigenvalue weighted by Gasteiger charge is -2.15. The van der Waals surface area contributed by atoms with Gasteiger partial charge in [-0.05, 0) is 24.7 Å². The number of sulfonamides is 1. The van der Waals surface area contributed by atoms with Crippen LogP contribution in [0.2, 0.25) is 0 Å². The summed E-state index contributed by atoms with van der Waals surface area (Å²) < 4.78 is 28.6. The molecular formula is C13H23N3O3S. The summed E-state index contributed by atoms with van der Waals surface area (Å²) in [6, 6.07) is 0. The fourth-order valence-corrected chi connectivity index (χ4v) is 3.71. The Bertz CT molecular complexity index is 527. The fourth-order valence-electron chi connectivity index (χ4n) is 2.66. The molecular weight excluding hydrogens is 278 g/mol. The third kappa shape index (κ3) is 3.80. The molecule has 2 N–H and O–H groups in total. The average Bonchev–Trinajstić information content (AvgIpc) is 3.03. The third-order valence-electron chi connectivity index (χ3n) is 4.04. The van der Waals surface area contributed by atoms with Crippen molar-refractivity contribution in [2.75, 3.05) is 13.2 Å². The minimum atomic E-state index is -3.47. The van der Waals surface area contributed by atoms with E-state index in [1.807, 2.05) is 0 Å². The highest BCUT2D eigenvalue weighted by molar-refractivity contribution is 7.89. The van der Waals surface area contributed by atoms with Crippen molar-refractivity contribution in [3.63, 3.8) is 0 Å². The molecule has 1 aromatic heterocycles. The summed E-state index contributed by atoms with van der Waals surface area (Å²) in [5, 5.41) is 12.8. The van der Waals surface area contributed by atoms with Crippen molar-refractivity contribution >= 4 is 10.0 Å². The highest BCUT2D eigenvalue weighted by Gasteiger charge is 2.25. The molecule has 1 aliphatic rings. The number of aliphatic hydroxyl groups excluding tert-OH is 1. The summed E-state index contributed by atoms with van der Waals surface area (Å²) in [6.07, 6.45) is 6.90. The van der Waals surface area contributed by atoms with E-state index in [4.69, 9.17) is 5.11 Å². The summed E-state index contributed by atoms with van der Waals surface area (Å²) in [4.78, 5) is 0.195. The Balaban J connectivity index is 1.93. The van der Waals surface area contributed by atoms with Crippen LogP contribution in [0.1, 0.15) is 32.6 Å². The second-order valence-electron chi connectivity index (χ2n) is 5.54. The van der Waals surface area contributed by atoms with Gasteiger partial charge in [0.25, 0.3) is 0 Å². The van der Waals surface area contributed by atoms with Crippen LogP contribution in [0.3, 0.4) is 0 Å². The minimum absolute atomic E-state index is 0.0692. The van der Waals surface area contributed by atoms with Gasteiger partial charge in [0.05, 0.1) is 6.20 Å². The first-order valence-corrected chi connectivity index (χ1v) is 8.64. The van der Waals surface area contributed by atoms with E-state index in [2.05, 4.69) is 16.7 Å². The molecule has 1 aromatic rings. The van der Waals surface area contributed by atoms with Crippen LogP contribution in [-0.2, 0) is 16.6 Å². The predicted molar refractivity (Wildman–Crippen MR) is 75.6 cm³/mol. The van der Waals surface area contributed by atoms with Crippen LogP contribution in [0.4, 0.5) is 0 Å². The first kappa shape index (κ1) is 15.5. The van der Waals surface area contributed by atoms with Crippen molar-refractivity contribution in [3.05, 3.63) is 12.4 Å². The van der Waals surface area contributed by atoms with E-state index in [-0.39, 0.29) is 11.5 Å². The minimum Gasteiger partial charge on any atom is -0.396 e. The molecule has 1 saturated carbocycles. The second kappa shape index (κ2) is 6.69. The van der Waals surface area contributed by atoms with Crippen molar-refractivity contribution in [1.29, 1.82) is 0 Å². The van der Waals surface area contributed by atoms with Gasteiger partial charge in [0, 0.05) is 25.9 Å². The van der Waals surface area contributed by atoms with Gasteiger partial charge in [-0.15, -0.1) is 0 Å². The maximum absolute atomic E-state index is 12.2. The summed E-state index contributed by atoms with van der Waals surface area (Å²) in [5.41, 5.74) is 0. The van der Waals surface area contributed by atoms with Gasteiger partial charge in [-0.3, -0.25) is 4.68 Å². The van der Waals surface area contributed by atoms with E-state index in [9.17, 15) is 8.42 Å². The predicted octanol–water partition coefficient (Wildman–Crippen LogP) is 0.980. The zero-order valence-electron chi connectivity index (χ0n) is 11.8. The van der Waals surface area contributed by atoms with E-state index in [0.717, 1.165) is 6.42 Å². The van der Waals surface area contributed by atoms with Crippen LogP contribution in [0.5, 0.6) is 0 Å². The van der Waals surface area contributed by atoms with Crippen molar-refractivity contribution in [2.45, 2.75) is 44.0 Å². The molecule has 2 rings (SSSR count). The number of aromatic nitrogens is 2. The molecule has 6 nitrogen and oxygen atoms in total. The number of hydrogen-bond acceptors (Lipinski definition) is 4. The Hall–Kier alpha value is -0.920. The largest absolute Gasteiger partial charge is 0.396 e. The maximum atomic E-state index is 12.2. The Labute approximate surface area is 120 Å². The molecule has 0 spiro atoms. The van der Waals surface area contributed by atoms with E-state index in [1.165, 1.54) is 25.2 Å². The van der Waals surface area contributed by atoms with E-state index >= 15 is 0 Å². The van der Waals surface area contributed by atoms with Crippen LogP contribution in [0.25, 0.3) is 0 Å². The smallest absolute Gasteiger partial charge is 0.243 e. The molecule has 20 heavy (non-hydrogen) atoms. The van der Waals surface area contributed by atoms with Crippen LogP contribution < -0.4 is 4.72 Å². The third-order valence-corrected chi connectivity index (χ3v) is 5.42. The first-order valence-electron chi connectivity index (χ1n) is 7.16. The molecule has 7 heteroatoms. The number of nitrogens with one attached hydrogen (secondary N) is 1. The van der Waals surface area contributed by atoms with Gasteiger partial charge in [-0.1, -0.05) is 19.8 Å². The zero-order chi connectivity index (χ0) is 14.6. The average molecular weight is 301 g/mol. The van der Waals surface area contributed by atoms with Gasteiger partial charge in [0.15, 0.2) is 0 Å². The number of hydrogen-bond donors (Lipinski definition) is 2. The highest BCUT2D eigenvalue weighted by atomic mass is 32.2. The van der Waals surface area contributed by atoms with Crippen molar-refractivity contribution in [3.8, 4) is 0 Å². The Kier molecular flexibility index (Phi) is 5.17. The Morgan fingerprint density at radius 2 is 2.30 bits per heavy atom. The zero-order valence-corrected chi connectivity index (χ0v) is 12.6. The van der Waals surface area contributed by atoms with Gasteiger partial charge in [-0.25, -0.2) is 13.1 Å². The number of aliphatic hydroxyl groups is 1. The van der Waals surface area contributed by atoms with Crippen LogP contribution >= 0.6 is 0 Å². The van der Waals surface area contributed by atoms with Crippen molar-refractivity contribution in [2.24, 2.45) is 11.8 Å². The Morgan fingerprint density at radius 3 is 2.95 bits per heavy atom. The number of nitrogens with zero attached hydrogens (tertiary/aromatic N) is 2. The van der Waals surface area contributed by atoms with Gasteiger partial charge < -0.3 is 5.11 Å².